The molecule has 2 heterocycles. The largest absolute Gasteiger partial charge is 0.496 e. The molecule has 2 aliphatic rings. The molecule has 0 saturated carbocycles. The number of benzene rings is 1. The molecule has 0 radical (unpaired) electrons. The first-order chi connectivity index (χ1) is 11.0. The zero-order chi connectivity index (χ0) is 16.6. The number of imide groups is 1. The minimum Gasteiger partial charge on any atom is -0.496 e. The molecule has 2 fully saturated rings. The molecule has 2 saturated heterocycles. The highest BCUT2D eigenvalue weighted by Gasteiger charge is 2.53. The summed E-state index contributed by atoms with van der Waals surface area (Å²) < 4.78 is 5.20. The van der Waals surface area contributed by atoms with Crippen LogP contribution in [0.2, 0.25) is 0 Å². The number of nitrogens with zero attached hydrogens (tertiary/aromatic N) is 1. The second kappa shape index (κ2) is 5.88. The van der Waals surface area contributed by atoms with E-state index in [1.54, 1.807) is 23.9 Å². The van der Waals surface area contributed by atoms with Gasteiger partial charge in [-0.05, 0) is 31.2 Å². The lowest BCUT2D eigenvalue weighted by molar-refractivity contribution is -0.130. The molecule has 0 bridgehead atoms. The maximum absolute atomic E-state index is 12.6. The Morgan fingerprint density at radius 3 is 2.87 bits per heavy atom. The fourth-order valence-electron chi connectivity index (χ4n) is 2.92. The molecule has 2 aliphatic heterocycles. The molecule has 3 amide bonds. The Bertz CT molecular complexity index is 683. The van der Waals surface area contributed by atoms with Crippen LogP contribution in [0.4, 0.5) is 4.79 Å². The number of urea groups is 1. The molecule has 6 nitrogen and oxygen atoms in total. The van der Waals surface area contributed by atoms with Gasteiger partial charge in [-0.3, -0.25) is 14.5 Å². The van der Waals surface area contributed by atoms with E-state index in [0.717, 1.165) is 16.2 Å². The van der Waals surface area contributed by atoms with Crippen LogP contribution in [0, 0.1) is 6.92 Å². The van der Waals surface area contributed by atoms with Crippen LogP contribution in [0.5, 0.6) is 5.75 Å². The molecule has 0 unspecified atom stereocenters. The van der Waals surface area contributed by atoms with E-state index in [-0.39, 0.29) is 18.2 Å². The zero-order valence-corrected chi connectivity index (χ0v) is 13.9. The molecule has 1 aromatic carbocycles. The number of ketones is 1. The molecule has 7 heteroatoms. The number of hydrogen-bond donors (Lipinski definition) is 1. The first-order valence-corrected chi connectivity index (χ1v) is 8.52. The van der Waals surface area contributed by atoms with E-state index in [1.807, 2.05) is 13.0 Å². The Balaban J connectivity index is 1.82. The van der Waals surface area contributed by atoms with Crippen LogP contribution in [0.25, 0.3) is 0 Å². The van der Waals surface area contributed by atoms with E-state index in [0.29, 0.717) is 23.5 Å². The van der Waals surface area contributed by atoms with Crippen molar-refractivity contribution >= 4 is 29.5 Å². The van der Waals surface area contributed by atoms with Gasteiger partial charge in [-0.25, -0.2) is 4.79 Å². The van der Waals surface area contributed by atoms with Crippen molar-refractivity contribution in [3.05, 3.63) is 29.3 Å². The third kappa shape index (κ3) is 2.69. The summed E-state index contributed by atoms with van der Waals surface area (Å²) in [5.74, 6) is 1.23. The Morgan fingerprint density at radius 1 is 1.43 bits per heavy atom. The Hall–Kier alpha value is -2.02. The lowest BCUT2D eigenvalue weighted by atomic mass is 9.99. The van der Waals surface area contributed by atoms with E-state index in [1.165, 1.54) is 7.11 Å². The van der Waals surface area contributed by atoms with Gasteiger partial charge in [0.25, 0.3) is 5.91 Å². The minimum atomic E-state index is -0.821. The second-order valence-corrected chi connectivity index (χ2v) is 6.94. The highest BCUT2D eigenvalue weighted by Crippen LogP contribution is 2.33. The number of aryl methyl sites for hydroxylation is 1. The zero-order valence-electron chi connectivity index (χ0n) is 13.0. The van der Waals surface area contributed by atoms with Crippen LogP contribution >= 0.6 is 11.8 Å². The number of methoxy groups -OCH3 is 1. The third-order valence-electron chi connectivity index (χ3n) is 4.22. The quantitative estimate of drug-likeness (QED) is 0.669. The molecular formula is C16H18N2O4S. The molecule has 0 aromatic heterocycles. The van der Waals surface area contributed by atoms with Gasteiger partial charge < -0.3 is 10.1 Å². The number of hydrogen-bond acceptors (Lipinski definition) is 5. The standard InChI is InChI=1S/C16H18N2O4S/c1-10-3-4-13(22-2)11(7-10)12(19)8-18-14(20)16(17-15(18)21)5-6-23-9-16/h3-4,7H,5-6,8-9H2,1-2H3,(H,17,21)/t16-/m0/s1. The van der Waals surface area contributed by atoms with Gasteiger partial charge in [0.1, 0.15) is 11.3 Å². The third-order valence-corrected chi connectivity index (χ3v) is 5.41. The predicted octanol–water partition coefficient (Wildman–Crippen LogP) is 1.61. The van der Waals surface area contributed by atoms with E-state index >= 15 is 0 Å². The minimum absolute atomic E-state index is 0.267. The monoisotopic (exact) mass is 334 g/mol. The highest BCUT2D eigenvalue weighted by atomic mass is 32.2. The summed E-state index contributed by atoms with van der Waals surface area (Å²) in [5.41, 5.74) is 0.475. The van der Waals surface area contributed by atoms with Crippen molar-refractivity contribution in [1.29, 1.82) is 0 Å². The summed E-state index contributed by atoms with van der Waals surface area (Å²) >= 11 is 1.63. The van der Waals surface area contributed by atoms with E-state index in [9.17, 15) is 14.4 Å². The SMILES string of the molecule is COc1ccc(C)cc1C(=O)CN1C(=O)N[C@]2(CCSC2)C1=O. The molecular weight excluding hydrogens is 316 g/mol. The van der Waals surface area contributed by atoms with Crippen molar-refractivity contribution in [1.82, 2.24) is 10.2 Å². The first kappa shape index (κ1) is 15.9. The van der Waals surface area contributed by atoms with Gasteiger partial charge in [0.15, 0.2) is 5.78 Å². The number of carbonyl (C=O) groups excluding carboxylic acids is 3. The van der Waals surface area contributed by atoms with Gasteiger partial charge in [-0.15, -0.1) is 0 Å². The van der Waals surface area contributed by atoms with Gasteiger partial charge in [0.2, 0.25) is 0 Å². The van der Waals surface area contributed by atoms with Crippen molar-refractivity contribution in [2.45, 2.75) is 18.9 Å². The molecule has 3 rings (SSSR count). The van der Waals surface area contributed by atoms with Gasteiger partial charge in [0.05, 0.1) is 19.2 Å². The number of rotatable bonds is 4. The second-order valence-electron chi connectivity index (χ2n) is 5.83. The molecule has 1 N–H and O–H groups in total. The van der Waals surface area contributed by atoms with Crippen LogP contribution in [0.15, 0.2) is 18.2 Å². The smallest absolute Gasteiger partial charge is 0.325 e. The number of ether oxygens (including phenoxy) is 1. The van der Waals surface area contributed by atoms with E-state index in [2.05, 4.69) is 5.32 Å². The maximum Gasteiger partial charge on any atom is 0.325 e. The van der Waals surface area contributed by atoms with Crippen LogP contribution in [-0.2, 0) is 4.79 Å². The summed E-state index contributed by atoms with van der Waals surface area (Å²) in [7, 11) is 1.49. The van der Waals surface area contributed by atoms with Crippen LogP contribution in [0.3, 0.4) is 0 Å². The van der Waals surface area contributed by atoms with Gasteiger partial charge in [0, 0.05) is 5.75 Å². The highest BCUT2D eigenvalue weighted by molar-refractivity contribution is 7.99. The number of thioether (sulfide) groups is 1. The average Bonchev–Trinajstić information content (AvgIpc) is 3.08. The molecule has 1 aromatic rings. The molecule has 1 spiro atoms. The molecule has 0 aliphatic carbocycles. The summed E-state index contributed by atoms with van der Waals surface area (Å²) in [6, 6.07) is 4.77. The molecule has 23 heavy (non-hydrogen) atoms. The average molecular weight is 334 g/mol. The van der Waals surface area contributed by atoms with Gasteiger partial charge in [-0.1, -0.05) is 11.6 Å². The van der Waals surface area contributed by atoms with Crippen molar-refractivity contribution in [3.8, 4) is 5.75 Å². The van der Waals surface area contributed by atoms with Crippen molar-refractivity contribution in [2.75, 3.05) is 25.2 Å². The van der Waals surface area contributed by atoms with Gasteiger partial charge >= 0.3 is 6.03 Å². The number of nitrogens with one attached hydrogen (secondary N) is 1. The van der Waals surface area contributed by atoms with Crippen LogP contribution < -0.4 is 10.1 Å². The molecule has 1 atom stereocenters. The van der Waals surface area contributed by atoms with Crippen LogP contribution in [-0.4, -0.2) is 53.3 Å². The topological polar surface area (TPSA) is 75.7 Å². The van der Waals surface area contributed by atoms with Crippen LogP contribution in [0.1, 0.15) is 22.3 Å². The normalized spacial score (nSPS) is 23.5. The number of amides is 3. The summed E-state index contributed by atoms with van der Waals surface area (Å²) in [6.45, 7) is 1.60. The van der Waals surface area contributed by atoms with Gasteiger partial charge in [-0.2, -0.15) is 11.8 Å². The summed E-state index contributed by atoms with van der Waals surface area (Å²) in [5, 5.41) is 2.76. The lowest BCUT2D eigenvalue weighted by Crippen LogP contribution is -2.47. The van der Waals surface area contributed by atoms with Crippen molar-refractivity contribution in [2.24, 2.45) is 0 Å². The fourth-order valence-corrected chi connectivity index (χ4v) is 4.25. The lowest BCUT2D eigenvalue weighted by Gasteiger charge is -2.19. The van der Waals surface area contributed by atoms with Crippen molar-refractivity contribution < 1.29 is 19.1 Å². The number of Topliss-reactive ketones (excluding diaryl/α,β-unsaturated/α-hetero) is 1. The summed E-state index contributed by atoms with van der Waals surface area (Å²) in [4.78, 5) is 38.3. The van der Waals surface area contributed by atoms with Crippen molar-refractivity contribution in [3.63, 3.8) is 0 Å². The van der Waals surface area contributed by atoms with E-state index in [4.69, 9.17) is 4.74 Å². The summed E-state index contributed by atoms with van der Waals surface area (Å²) in [6.07, 6.45) is 0.612. The van der Waals surface area contributed by atoms with E-state index < -0.39 is 11.6 Å². The first-order valence-electron chi connectivity index (χ1n) is 7.36. The predicted molar refractivity (Wildman–Crippen MR) is 87.0 cm³/mol. The Kier molecular flexibility index (Phi) is 4.06. The maximum atomic E-state index is 12.6. The molecule has 122 valence electrons. The Morgan fingerprint density at radius 2 is 2.22 bits per heavy atom. The fraction of sp³-hybridized carbons (Fsp3) is 0.438. The Labute approximate surface area is 138 Å². The number of carbonyl (C=O) groups is 3.